The van der Waals surface area contributed by atoms with E-state index in [4.69, 9.17) is 4.74 Å². The van der Waals surface area contributed by atoms with Gasteiger partial charge in [-0.25, -0.2) is 0 Å². The molecule has 0 radical (unpaired) electrons. The molecule has 1 rings (SSSR count). The molecule has 1 aromatic rings. The number of esters is 1. The Bertz CT molecular complexity index is 496. The van der Waals surface area contributed by atoms with Crippen LogP contribution >= 0.6 is 15.9 Å². The van der Waals surface area contributed by atoms with Gasteiger partial charge in [-0.05, 0) is 38.5 Å². The molecule has 0 aliphatic rings. The molecule has 20 heavy (non-hydrogen) atoms. The van der Waals surface area contributed by atoms with Gasteiger partial charge >= 0.3 is 11.9 Å². The van der Waals surface area contributed by atoms with Crippen LogP contribution in [-0.2, 0) is 14.3 Å². The van der Waals surface area contributed by atoms with Gasteiger partial charge in [0, 0.05) is 4.47 Å². The SMILES string of the molecule is CC(C)(C)OC(=O)CNC(C(=O)O)c1cccc(Br)c1. The summed E-state index contributed by atoms with van der Waals surface area (Å²) in [6.07, 6.45) is 0. The third-order valence-electron chi connectivity index (χ3n) is 2.30. The minimum atomic E-state index is -1.05. The molecule has 0 spiro atoms. The first-order valence-electron chi connectivity index (χ1n) is 6.12. The van der Waals surface area contributed by atoms with Crippen molar-refractivity contribution >= 4 is 27.9 Å². The van der Waals surface area contributed by atoms with Crippen LogP contribution in [0.15, 0.2) is 28.7 Å². The van der Waals surface area contributed by atoms with Crippen LogP contribution < -0.4 is 5.32 Å². The van der Waals surface area contributed by atoms with Crippen molar-refractivity contribution in [2.24, 2.45) is 0 Å². The number of benzene rings is 1. The highest BCUT2D eigenvalue weighted by Crippen LogP contribution is 2.18. The van der Waals surface area contributed by atoms with Gasteiger partial charge in [0.1, 0.15) is 11.6 Å². The first kappa shape index (κ1) is 16.7. The van der Waals surface area contributed by atoms with Gasteiger partial charge in [0.15, 0.2) is 0 Å². The van der Waals surface area contributed by atoms with Crippen molar-refractivity contribution in [3.63, 3.8) is 0 Å². The number of carboxylic acid groups (broad SMARTS) is 1. The van der Waals surface area contributed by atoms with Crippen molar-refractivity contribution in [1.82, 2.24) is 5.32 Å². The summed E-state index contributed by atoms with van der Waals surface area (Å²) in [5.74, 6) is -1.54. The largest absolute Gasteiger partial charge is 0.480 e. The highest BCUT2D eigenvalue weighted by Gasteiger charge is 2.22. The molecule has 0 saturated carbocycles. The molecule has 0 aliphatic carbocycles. The summed E-state index contributed by atoms with van der Waals surface area (Å²) in [6, 6.07) is 5.97. The van der Waals surface area contributed by atoms with E-state index in [1.165, 1.54) is 0 Å². The number of carboxylic acids is 1. The molecule has 110 valence electrons. The van der Waals surface area contributed by atoms with Gasteiger partial charge in [-0.1, -0.05) is 28.1 Å². The predicted octanol–water partition coefficient (Wildman–Crippen LogP) is 2.51. The van der Waals surface area contributed by atoms with E-state index in [2.05, 4.69) is 21.2 Å². The Kier molecular flexibility index (Phi) is 5.71. The molecule has 1 atom stereocenters. The molecule has 0 aromatic heterocycles. The van der Waals surface area contributed by atoms with Gasteiger partial charge in [-0.3, -0.25) is 14.9 Å². The lowest BCUT2D eigenvalue weighted by molar-refractivity contribution is -0.154. The second kappa shape index (κ2) is 6.85. The van der Waals surface area contributed by atoms with E-state index in [-0.39, 0.29) is 6.54 Å². The number of hydrogen-bond acceptors (Lipinski definition) is 4. The summed E-state index contributed by atoms with van der Waals surface area (Å²) in [4.78, 5) is 22.9. The van der Waals surface area contributed by atoms with Crippen LogP contribution in [0.4, 0.5) is 0 Å². The number of halogens is 1. The van der Waals surface area contributed by atoms with E-state index in [0.29, 0.717) is 5.56 Å². The average Bonchev–Trinajstić information content (AvgIpc) is 2.26. The number of carbonyl (C=O) groups excluding carboxylic acids is 1. The van der Waals surface area contributed by atoms with Crippen LogP contribution in [-0.4, -0.2) is 29.2 Å². The smallest absolute Gasteiger partial charge is 0.325 e. The van der Waals surface area contributed by atoms with E-state index in [0.717, 1.165) is 4.47 Å². The Labute approximate surface area is 126 Å². The summed E-state index contributed by atoms with van der Waals surface area (Å²) in [5.41, 5.74) is -0.0248. The van der Waals surface area contributed by atoms with E-state index in [1.807, 2.05) is 0 Å². The lowest BCUT2D eigenvalue weighted by Crippen LogP contribution is -2.36. The lowest BCUT2D eigenvalue weighted by Gasteiger charge is -2.21. The first-order chi connectivity index (χ1) is 9.19. The maximum Gasteiger partial charge on any atom is 0.325 e. The normalized spacial score (nSPS) is 12.8. The van der Waals surface area contributed by atoms with E-state index in [1.54, 1.807) is 45.0 Å². The predicted molar refractivity (Wildman–Crippen MR) is 78.4 cm³/mol. The number of ether oxygens (including phenoxy) is 1. The summed E-state index contributed by atoms with van der Waals surface area (Å²) in [6.45, 7) is 5.11. The molecule has 0 bridgehead atoms. The van der Waals surface area contributed by atoms with E-state index < -0.39 is 23.6 Å². The lowest BCUT2D eigenvalue weighted by atomic mass is 10.1. The maximum absolute atomic E-state index is 11.6. The number of nitrogens with one attached hydrogen (secondary N) is 1. The van der Waals surface area contributed by atoms with Gasteiger partial charge in [0.05, 0.1) is 6.54 Å². The van der Waals surface area contributed by atoms with Gasteiger partial charge in [0.2, 0.25) is 0 Å². The van der Waals surface area contributed by atoms with Crippen molar-refractivity contribution < 1.29 is 19.4 Å². The zero-order valence-electron chi connectivity index (χ0n) is 11.6. The van der Waals surface area contributed by atoms with Crippen LogP contribution in [0.3, 0.4) is 0 Å². The zero-order chi connectivity index (χ0) is 15.3. The second-order valence-corrected chi connectivity index (χ2v) is 6.21. The van der Waals surface area contributed by atoms with Gasteiger partial charge < -0.3 is 9.84 Å². The molecule has 0 heterocycles. The van der Waals surface area contributed by atoms with Gasteiger partial charge in [-0.15, -0.1) is 0 Å². The summed E-state index contributed by atoms with van der Waals surface area (Å²) in [7, 11) is 0. The minimum absolute atomic E-state index is 0.166. The zero-order valence-corrected chi connectivity index (χ0v) is 13.2. The quantitative estimate of drug-likeness (QED) is 0.803. The van der Waals surface area contributed by atoms with Crippen molar-refractivity contribution in [2.75, 3.05) is 6.54 Å². The van der Waals surface area contributed by atoms with Crippen LogP contribution in [0.25, 0.3) is 0 Å². The molecule has 2 N–H and O–H groups in total. The molecule has 0 amide bonds. The average molecular weight is 344 g/mol. The third-order valence-corrected chi connectivity index (χ3v) is 2.79. The first-order valence-corrected chi connectivity index (χ1v) is 6.92. The van der Waals surface area contributed by atoms with Crippen LogP contribution in [0.2, 0.25) is 0 Å². The molecule has 0 fully saturated rings. The standard InChI is InChI=1S/C14H18BrNO4/c1-14(2,3)20-11(17)8-16-12(13(18)19)9-5-4-6-10(15)7-9/h4-7,12,16H,8H2,1-3H3,(H,18,19). The fourth-order valence-corrected chi connectivity index (χ4v) is 2.01. The molecule has 5 nitrogen and oxygen atoms in total. The van der Waals surface area contributed by atoms with E-state index >= 15 is 0 Å². The number of aliphatic carboxylic acids is 1. The fraction of sp³-hybridized carbons (Fsp3) is 0.429. The summed E-state index contributed by atoms with van der Waals surface area (Å²) >= 11 is 3.29. The second-order valence-electron chi connectivity index (χ2n) is 5.29. The van der Waals surface area contributed by atoms with Crippen LogP contribution in [0.5, 0.6) is 0 Å². The van der Waals surface area contributed by atoms with Crippen LogP contribution in [0, 0.1) is 0 Å². The Morgan fingerprint density at radius 2 is 2.05 bits per heavy atom. The molecule has 0 aliphatic heterocycles. The molecular weight excluding hydrogens is 326 g/mol. The Hall–Kier alpha value is -1.40. The number of rotatable bonds is 5. The summed E-state index contributed by atoms with van der Waals surface area (Å²) in [5, 5.41) is 11.9. The molecule has 1 aromatic carbocycles. The molecule has 6 heteroatoms. The van der Waals surface area contributed by atoms with Crippen LogP contribution in [0.1, 0.15) is 32.4 Å². The van der Waals surface area contributed by atoms with Crippen molar-refractivity contribution in [3.05, 3.63) is 34.3 Å². The Morgan fingerprint density at radius 3 is 2.55 bits per heavy atom. The maximum atomic E-state index is 11.6. The Morgan fingerprint density at radius 1 is 1.40 bits per heavy atom. The minimum Gasteiger partial charge on any atom is -0.480 e. The number of carbonyl (C=O) groups is 2. The number of hydrogen-bond donors (Lipinski definition) is 2. The van der Waals surface area contributed by atoms with E-state index in [9.17, 15) is 14.7 Å². The molecule has 0 saturated heterocycles. The van der Waals surface area contributed by atoms with Gasteiger partial charge in [0.25, 0.3) is 0 Å². The van der Waals surface area contributed by atoms with Crippen molar-refractivity contribution in [1.29, 1.82) is 0 Å². The van der Waals surface area contributed by atoms with Crippen molar-refractivity contribution in [3.8, 4) is 0 Å². The molecule has 1 unspecified atom stereocenters. The topological polar surface area (TPSA) is 75.6 Å². The molecular formula is C14H18BrNO4. The third kappa shape index (κ3) is 5.71. The summed E-state index contributed by atoms with van der Waals surface area (Å²) < 4.78 is 5.90. The highest BCUT2D eigenvalue weighted by molar-refractivity contribution is 9.10. The fourth-order valence-electron chi connectivity index (χ4n) is 1.60. The monoisotopic (exact) mass is 343 g/mol. The Balaban J connectivity index is 2.70. The highest BCUT2D eigenvalue weighted by atomic mass is 79.9. The van der Waals surface area contributed by atoms with Gasteiger partial charge in [-0.2, -0.15) is 0 Å². The van der Waals surface area contributed by atoms with Crippen molar-refractivity contribution in [2.45, 2.75) is 32.4 Å².